The normalized spacial score (nSPS) is 14.2. The van der Waals surface area contributed by atoms with Crippen molar-refractivity contribution < 1.29 is 19.8 Å². The Kier molecular flexibility index (Phi) is 28.3. The summed E-state index contributed by atoms with van der Waals surface area (Å²) in [7, 11) is 0. The Morgan fingerprint density at radius 1 is 0.650 bits per heavy atom. The van der Waals surface area contributed by atoms with Gasteiger partial charge in [0.15, 0.2) is 5.78 Å². The van der Waals surface area contributed by atoms with E-state index in [1.165, 1.54) is 38.5 Å². The van der Waals surface area contributed by atoms with Crippen molar-refractivity contribution in [3.05, 3.63) is 24.3 Å². The highest BCUT2D eigenvalue weighted by Gasteiger charge is 2.32. The van der Waals surface area contributed by atoms with Crippen LogP contribution in [0, 0.1) is 0 Å². The number of rotatable bonds is 31. The molecule has 0 aliphatic heterocycles. The van der Waals surface area contributed by atoms with E-state index in [2.05, 4.69) is 32.1 Å². The van der Waals surface area contributed by atoms with Crippen molar-refractivity contribution in [1.82, 2.24) is 0 Å². The Hall–Kier alpha value is -1.26. The minimum atomic E-state index is -1.20. The second-order valence-electron chi connectivity index (χ2n) is 12.0. The van der Waals surface area contributed by atoms with Gasteiger partial charge in [-0.25, -0.2) is 0 Å². The van der Waals surface area contributed by atoms with Gasteiger partial charge >= 0.3 is 0 Å². The minimum absolute atomic E-state index is 0.0278. The maximum Gasteiger partial charge on any atom is 0.164 e. The monoisotopic (exact) mass is 562 g/mol. The largest absolute Gasteiger partial charge is 0.393 e. The number of allylic oxidation sites excluding steroid dienone is 2. The zero-order valence-corrected chi connectivity index (χ0v) is 26.6. The summed E-state index contributed by atoms with van der Waals surface area (Å²) in [5.74, 6) is 0.0278. The van der Waals surface area contributed by atoms with E-state index in [-0.39, 0.29) is 11.9 Å². The molecule has 0 saturated carbocycles. The van der Waals surface area contributed by atoms with Gasteiger partial charge in [0.05, 0.1) is 6.10 Å². The number of hydrogen-bond acceptors (Lipinski definition) is 4. The Morgan fingerprint density at radius 2 is 1.18 bits per heavy atom. The van der Waals surface area contributed by atoms with E-state index in [9.17, 15) is 19.8 Å². The first-order valence-corrected chi connectivity index (χ1v) is 17.2. The lowest BCUT2D eigenvalue weighted by Crippen LogP contribution is -2.38. The molecule has 0 radical (unpaired) electrons. The van der Waals surface area contributed by atoms with Gasteiger partial charge in [-0.1, -0.05) is 128 Å². The van der Waals surface area contributed by atoms with Crippen molar-refractivity contribution in [3.8, 4) is 0 Å². The molecule has 0 aromatic heterocycles. The van der Waals surface area contributed by atoms with Crippen molar-refractivity contribution in [2.24, 2.45) is 0 Å². The highest BCUT2D eigenvalue weighted by molar-refractivity contribution is 5.87. The molecule has 0 spiro atoms. The molecule has 40 heavy (non-hydrogen) atoms. The van der Waals surface area contributed by atoms with Gasteiger partial charge in [-0.3, -0.25) is 4.79 Å². The quantitative estimate of drug-likeness (QED) is 0.0501. The summed E-state index contributed by atoms with van der Waals surface area (Å²) in [5.41, 5.74) is -1.20. The summed E-state index contributed by atoms with van der Waals surface area (Å²) < 4.78 is 0. The van der Waals surface area contributed by atoms with Crippen molar-refractivity contribution in [2.45, 2.75) is 192 Å². The van der Waals surface area contributed by atoms with Crippen LogP contribution in [-0.4, -0.2) is 34.0 Å². The molecule has 0 heterocycles. The molecule has 0 bridgehead atoms. The number of aliphatic hydroxyl groups is 2. The SMILES string of the molecule is CCCCCC[C@@H](O)CC=CCCCCCCCC(=O)[C@](O)(CC=CCCCCCCCC=O)CCCCCC. The average molecular weight is 563 g/mol. The van der Waals surface area contributed by atoms with Gasteiger partial charge in [-0.05, 0) is 57.8 Å². The predicted molar refractivity (Wildman–Crippen MR) is 172 cm³/mol. The number of Topliss-reactive ketones (excluding diaryl/α,β-unsaturated/α-hetero) is 1. The molecule has 0 unspecified atom stereocenters. The summed E-state index contributed by atoms with van der Waals surface area (Å²) in [6.45, 7) is 4.39. The van der Waals surface area contributed by atoms with Crippen LogP contribution in [0.1, 0.15) is 181 Å². The van der Waals surface area contributed by atoms with Crippen molar-refractivity contribution in [3.63, 3.8) is 0 Å². The van der Waals surface area contributed by atoms with Crippen LogP contribution >= 0.6 is 0 Å². The van der Waals surface area contributed by atoms with Crippen LogP contribution in [0.4, 0.5) is 0 Å². The van der Waals surface area contributed by atoms with Gasteiger partial charge in [0.25, 0.3) is 0 Å². The lowest BCUT2D eigenvalue weighted by molar-refractivity contribution is -0.138. The molecular formula is C36H66O4. The summed E-state index contributed by atoms with van der Waals surface area (Å²) in [4.78, 5) is 23.4. The van der Waals surface area contributed by atoms with Gasteiger partial charge in [0.2, 0.25) is 0 Å². The first-order chi connectivity index (χ1) is 19.5. The number of aliphatic hydroxyl groups excluding tert-OH is 1. The Balaban J connectivity index is 4.15. The number of carbonyl (C=O) groups excluding carboxylic acids is 2. The maximum atomic E-state index is 13.0. The molecule has 4 heteroatoms. The Bertz CT molecular complexity index is 626. The second-order valence-corrected chi connectivity index (χ2v) is 12.0. The maximum absolute atomic E-state index is 13.0. The molecule has 0 aliphatic carbocycles. The van der Waals surface area contributed by atoms with Gasteiger partial charge in [-0.15, -0.1) is 0 Å². The molecule has 0 amide bonds. The van der Waals surface area contributed by atoms with Crippen LogP contribution in [0.5, 0.6) is 0 Å². The third-order valence-electron chi connectivity index (χ3n) is 8.02. The summed E-state index contributed by atoms with van der Waals surface area (Å²) in [6, 6.07) is 0. The molecule has 2 atom stereocenters. The Morgan fingerprint density at radius 3 is 1.80 bits per heavy atom. The minimum Gasteiger partial charge on any atom is -0.393 e. The molecule has 4 nitrogen and oxygen atoms in total. The Labute approximate surface area is 248 Å². The zero-order valence-electron chi connectivity index (χ0n) is 26.6. The summed E-state index contributed by atoms with van der Waals surface area (Å²) in [5, 5.41) is 21.3. The topological polar surface area (TPSA) is 74.6 Å². The van der Waals surface area contributed by atoms with Crippen molar-refractivity contribution in [1.29, 1.82) is 0 Å². The van der Waals surface area contributed by atoms with Gasteiger partial charge in [0, 0.05) is 19.3 Å². The standard InChI is InChI=1S/C36H66O4/c1-3-5-7-22-28-34(38)29-23-18-14-10-11-15-19-24-30-35(39)36(40,31-25-8-6-4-2)32-26-20-16-12-9-13-17-21-27-33-37/h18,20,23,26,33-34,38,40H,3-17,19,21-22,24-25,27-32H2,1-2H3/t34-,36-/m1/s1. The molecular weight excluding hydrogens is 496 g/mol. The van der Waals surface area contributed by atoms with Crippen LogP contribution in [-0.2, 0) is 9.59 Å². The van der Waals surface area contributed by atoms with E-state index in [1.807, 2.05) is 6.08 Å². The number of aldehydes is 1. The lowest BCUT2D eigenvalue weighted by atomic mass is 9.85. The molecule has 0 aromatic carbocycles. The number of ketones is 1. The molecule has 0 rings (SSSR count). The fourth-order valence-electron chi connectivity index (χ4n) is 5.22. The van der Waals surface area contributed by atoms with Crippen molar-refractivity contribution in [2.75, 3.05) is 0 Å². The summed E-state index contributed by atoms with van der Waals surface area (Å²) in [6.07, 6.45) is 35.3. The van der Waals surface area contributed by atoms with E-state index < -0.39 is 5.60 Å². The van der Waals surface area contributed by atoms with Crippen LogP contribution in [0.25, 0.3) is 0 Å². The molecule has 0 aromatic rings. The van der Waals surface area contributed by atoms with Gasteiger partial charge in [0.1, 0.15) is 11.9 Å². The first-order valence-electron chi connectivity index (χ1n) is 17.2. The van der Waals surface area contributed by atoms with E-state index in [1.54, 1.807) is 0 Å². The highest BCUT2D eigenvalue weighted by atomic mass is 16.3. The smallest absolute Gasteiger partial charge is 0.164 e. The molecule has 234 valence electrons. The number of hydrogen-bond donors (Lipinski definition) is 2. The highest BCUT2D eigenvalue weighted by Crippen LogP contribution is 2.25. The van der Waals surface area contributed by atoms with E-state index >= 15 is 0 Å². The van der Waals surface area contributed by atoms with E-state index in [0.29, 0.717) is 25.7 Å². The summed E-state index contributed by atoms with van der Waals surface area (Å²) >= 11 is 0. The second kappa shape index (κ2) is 29.2. The fourth-order valence-corrected chi connectivity index (χ4v) is 5.22. The van der Waals surface area contributed by atoms with Crippen LogP contribution < -0.4 is 0 Å². The number of carbonyl (C=O) groups is 2. The van der Waals surface area contributed by atoms with E-state index in [4.69, 9.17) is 0 Å². The lowest BCUT2D eigenvalue weighted by Gasteiger charge is -2.26. The van der Waals surface area contributed by atoms with Crippen LogP contribution in [0.3, 0.4) is 0 Å². The molecule has 0 saturated heterocycles. The first kappa shape index (κ1) is 38.7. The van der Waals surface area contributed by atoms with Crippen molar-refractivity contribution >= 4 is 12.1 Å². The molecule has 0 fully saturated rings. The number of unbranched alkanes of at least 4 members (excludes halogenated alkanes) is 17. The zero-order chi connectivity index (χ0) is 29.6. The van der Waals surface area contributed by atoms with Gasteiger partial charge in [-0.2, -0.15) is 0 Å². The van der Waals surface area contributed by atoms with Crippen LogP contribution in [0.15, 0.2) is 24.3 Å². The van der Waals surface area contributed by atoms with E-state index in [0.717, 1.165) is 109 Å². The van der Waals surface area contributed by atoms with Gasteiger partial charge < -0.3 is 15.0 Å². The third-order valence-corrected chi connectivity index (χ3v) is 8.02. The third kappa shape index (κ3) is 24.5. The fraction of sp³-hybridized carbons (Fsp3) is 0.833. The molecule has 0 aliphatic rings. The average Bonchev–Trinajstić information content (AvgIpc) is 2.95. The van der Waals surface area contributed by atoms with Crippen LogP contribution in [0.2, 0.25) is 0 Å². The predicted octanol–water partition coefficient (Wildman–Crippen LogP) is 10.1. The molecule has 2 N–H and O–H groups in total.